The van der Waals surface area contributed by atoms with E-state index in [-0.39, 0.29) is 5.91 Å². The summed E-state index contributed by atoms with van der Waals surface area (Å²) >= 11 is 0. The largest absolute Gasteiger partial charge is 0.494 e. The molecule has 30 heavy (non-hydrogen) atoms. The number of nitrogens with one attached hydrogen (secondary N) is 1. The summed E-state index contributed by atoms with van der Waals surface area (Å²) in [4.78, 5) is 26.7. The van der Waals surface area contributed by atoms with Crippen molar-refractivity contribution in [2.75, 3.05) is 11.9 Å². The molecule has 1 aromatic carbocycles. The molecule has 1 atom stereocenters. The first-order valence-electron chi connectivity index (χ1n) is 10.6. The lowest BCUT2D eigenvalue weighted by atomic mass is 9.79. The van der Waals surface area contributed by atoms with Crippen molar-refractivity contribution >= 4 is 30.3 Å². The molecule has 0 bridgehead atoms. The van der Waals surface area contributed by atoms with Crippen LogP contribution in [-0.4, -0.2) is 53.4 Å². The summed E-state index contributed by atoms with van der Waals surface area (Å²) in [6.07, 6.45) is 0.950. The van der Waals surface area contributed by atoms with E-state index in [0.29, 0.717) is 18.7 Å². The molecular weight excluding hydrogens is 383 g/mol. The van der Waals surface area contributed by atoms with E-state index in [1.54, 1.807) is 0 Å². The van der Waals surface area contributed by atoms with Gasteiger partial charge in [-0.1, -0.05) is 12.1 Å². The standard InChI is InChI=1S/C22H33BN2O5/c1-20(2,3)28-19(27)25-14-8-9-17(25)18(26)24-16-12-10-15(11-13-16)23-29-21(4,5)22(6,7)30-23/h10-13,17H,8-9,14H2,1-7H3,(H,24,26)/t17-/m1/s1. The second-order valence-corrected chi connectivity index (χ2v) is 10.0. The maximum absolute atomic E-state index is 12.8. The van der Waals surface area contributed by atoms with Gasteiger partial charge in [0, 0.05) is 12.2 Å². The quantitative estimate of drug-likeness (QED) is 0.765. The number of carbonyl (C=O) groups excluding carboxylic acids is 2. The number of nitrogens with zero attached hydrogens (tertiary/aromatic N) is 1. The number of benzene rings is 1. The van der Waals surface area contributed by atoms with Crippen LogP contribution in [0.5, 0.6) is 0 Å². The van der Waals surface area contributed by atoms with Crippen LogP contribution in [0.15, 0.2) is 24.3 Å². The highest BCUT2D eigenvalue weighted by atomic mass is 16.7. The van der Waals surface area contributed by atoms with Gasteiger partial charge >= 0.3 is 13.2 Å². The normalized spacial score (nSPS) is 22.8. The first kappa shape index (κ1) is 22.6. The van der Waals surface area contributed by atoms with E-state index >= 15 is 0 Å². The van der Waals surface area contributed by atoms with Crippen LogP contribution in [-0.2, 0) is 18.8 Å². The van der Waals surface area contributed by atoms with E-state index in [2.05, 4.69) is 5.32 Å². The van der Waals surface area contributed by atoms with Crippen molar-refractivity contribution in [2.45, 2.75) is 84.2 Å². The summed E-state index contributed by atoms with van der Waals surface area (Å²) in [7, 11) is -0.447. The maximum Gasteiger partial charge on any atom is 0.494 e. The van der Waals surface area contributed by atoms with Gasteiger partial charge in [0.05, 0.1) is 11.2 Å². The number of carbonyl (C=O) groups is 2. The fraction of sp³-hybridized carbons (Fsp3) is 0.636. The summed E-state index contributed by atoms with van der Waals surface area (Å²) in [6, 6.07) is 6.90. The van der Waals surface area contributed by atoms with Crippen LogP contribution in [0.4, 0.5) is 10.5 Å². The van der Waals surface area contributed by atoms with Gasteiger partial charge < -0.3 is 19.4 Å². The Labute approximate surface area is 179 Å². The van der Waals surface area contributed by atoms with Crippen LogP contribution in [0.2, 0.25) is 0 Å². The Morgan fingerprint density at radius 2 is 1.67 bits per heavy atom. The molecule has 0 unspecified atom stereocenters. The average Bonchev–Trinajstić information content (AvgIpc) is 3.17. The van der Waals surface area contributed by atoms with Gasteiger partial charge in [-0.15, -0.1) is 0 Å². The molecule has 2 saturated heterocycles. The predicted molar refractivity (Wildman–Crippen MR) is 117 cm³/mol. The molecule has 2 fully saturated rings. The third-order valence-electron chi connectivity index (χ3n) is 5.89. The third-order valence-corrected chi connectivity index (χ3v) is 5.89. The zero-order valence-electron chi connectivity index (χ0n) is 19.1. The molecule has 3 rings (SSSR count). The van der Waals surface area contributed by atoms with E-state index < -0.39 is 36.1 Å². The molecule has 1 N–H and O–H groups in total. The molecule has 2 aliphatic rings. The molecule has 164 valence electrons. The Morgan fingerprint density at radius 3 is 2.20 bits per heavy atom. The maximum atomic E-state index is 12.8. The molecule has 2 aliphatic heterocycles. The van der Waals surface area contributed by atoms with Crippen LogP contribution in [0.1, 0.15) is 61.3 Å². The van der Waals surface area contributed by atoms with Gasteiger partial charge in [-0.05, 0) is 78.9 Å². The molecule has 8 heteroatoms. The highest BCUT2D eigenvalue weighted by molar-refractivity contribution is 6.62. The Bertz CT molecular complexity index is 785. The van der Waals surface area contributed by atoms with Crippen LogP contribution in [0, 0.1) is 0 Å². The first-order chi connectivity index (χ1) is 13.8. The summed E-state index contributed by atoms with van der Waals surface area (Å²) < 4.78 is 17.6. The molecule has 1 aromatic rings. The second-order valence-electron chi connectivity index (χ2n) is 10.0. The minimum atomic E-state index is -0.593. The highest BCUT2D eigenvalue weighted by Gasteiger charge is 2.51. The third kappa shape index (κ3) is 4.81. The molecule has 0 saturated carbocycles. The zero-order chi connectivity index (χ0) is 22.3. The Morgan fingerprint density at radius 1 is 1.10 bits per heavy atom. The smallest absolute Gasteiger partial charge is 0.444 e. The lowest BCUT2D eigenvalue weighted by molar-refractivity contribution is -0.120. The minimum absolute atomic E-state index is 0.207. The molecule has 7 nitrogen and oxygen atoms in total. The van der Waals surface area contributed by atoms with Gasteiger partial charge in [0.15, 0.2) is 0 Å². The van der Waals surface area contributed by atoms with Gasteiger partial charge in [0.25, 0.3) is 0 Å². The van der Waals surface area contributed by atoms with Crippen LogP contribution in [0.3, 0.4) is 0 Å². The topological polar surface area (TPSA) is 77.1 Å². The van der Waals surface area contributed by atoms with Gasteiger partial charge in [0.2, 0.25) is 5.91 Å². The van der Waals surface area contributed by atoms with Crippen molar-refractivity contribution in [2.24, 2.45) is 0 Å². The number of hydrogen-bond acceptors (Lipinski definition) is 5. The van der Waals surface area contributed by atoms with Crippen molar-refractivity contribution in [1.29, 1.82) is 0 Å². The summed E-state index contributed by atoms with van der Waals surface area (Å²) in [6.45, 7) is 14.0. The summed E-state index contributed by atoms with van der Waals surface area (Å²) in [5.74, 6) is -0.207. The average molecular weight is 416 g/mol. The first-order valence-corrected chi connectivity index (χ1v) is 10.6. The van der Waals surface area contributed by atoms with Crippen molar-refractivity contribution < 1.29 is 23.6 Å². The van der Waals surface area contributed by atoms with E-state index in [0.717, 1.165) is 11.9 Å². The predicted octanol–water partition coefficient (Wildman–Crippen LogP) is 3.32. The molecular formula is C22H33BN2O5. The second kappa shape index (κ2) is 7.89. The molecule has 0 radical (unpaired) electrons. The monoisotopic (exact) mass is 416 g/mol. The van der Waals surface area contributed by atoms with Crippen LogP contribution in [0.25, 0.3) is 0 Å². The minimum Gasteiger partial charge on any atom is -0.444 e. The van der Waals surface area contributed by atoms with Crippen LogP contribution < -0.4 is 10.8 Å². The van der Waals surface area contributed by atoms with Gasteiger partial charge in [-0.25, -0.2) is 4.79 Å². The number of hydrogen-bond donors (Lipinski definition) is 1. The Balaban J connectivity index is 1.63. The van der Waals surface area contributed by atoms with E-state index in [1.165, 1.54) is 4.90 Å². The van der Waals surface area contributed by atoms with Crippen molar-refractivity contribution in [1.82, 2.24) is 4.90 Å². The zero-order valence-corrected chi connectivity index (χ0v) is 19.1. The molecule has 2 heterocycles. The number of amides is 2. The molecule has 0 aliphatic carbocycles. The van der Waals surface area contributed by atoms with E-state index in [4.69, 9.17) is 14.0 Å². The number of rotatable bonds is 3. The van der Waals surface area contributed by atoms with E-state index in [1.807, 2.05) is 72.7 Å². The van der Waals surface area contributed by atoms with Crippen molar-refractivity contribution in [3.05, 3.63) is 24.3 Å². The lowest BCUT2D eigenvalue weighted by Crippen LogP contribution is -2.45. The lowest BCUT2D eigenvalue weighted by Gasteiger charge is -2.32. The van der Waals surface area contributed by atoms with Crippen molar-refractivity contribution in [3.63, 3.8) is 0 Å². The van der Waals surface area contributed by atoms with Crippen molar-refractivity contribution in [3.8, 4) is 0 Å². The summed E-state index contributed by atoms with van der Waals surface area (Å²) in [5.41, 5.74) is 0.152. The van der Waals surface area contributed by atoms with Gasteiger partial charge in [-0.2, -0.15) is 0 Å². The van der Waals surface area contributed by atoms with E-state index in [9.17, 15) is 9.59 Å². The van der Waals surface area contributed by atoms with Crippen LogP contribution >= 0.6 is 0 Å². The number of anilines is 1. The number of ether oxygens (including phenoxy) is 1. The van der Waals surface area contributed by atoms with Gasteiger partial charge in [0.1, 0.15) is 11.6 Å². The fourth-order valence-corrected chi connectivity index (χ4v) is 3.51. The number of likely N-dealkylation sites (tertiary alicyclic amines) is 1. The molecule has 2 amide bonds. The molecule has 0 aromatic heterocycles. The SMILES string of the molecule is CC(C)(C)OC(=O)N1CCC[C@@H]1C(=O)Nc1ccc(B2OC(C)(C)C(C)(C)O2)cc1. The summed E-state index contributed by atoms with van der Waals surface area (Å²) in [5, 5.41) is 2.91. The highest BCUT2D eigenvalue weighted by Crippen LogP contribution is 2.36. The molecule has 0 spiro atoms. The fourth-order valence-electron chi connectivity index (χ4n) is 3.51. The Hall–Kier alpha value is -2.06. The van der Waals surface area contributed by atoms with Gasteiger partial charge in [-0.3, -0.25) is 9.69 Å². The Kier molecular flexibility index (Phi) is 5.95.